The highest BCUT2D eigenvalue weighted by molar-refractivity contribution is 5.76. The largest absolute Gasteiger partial charge is 0.481 e. The van der Waals surface area contributed by atoms with Gasteiger partial charge in [0.2, 0.25) is 0 Å². The second-order valence-electron chi connectivity index (χ2n) is 5.13. The summed E-state index contributed by atoms with van der Waals surface area (Å²) in [7, 11) is 1.61. The minimum absolute atomic E-state index is 0.0997. The molecule has 21 heavy (non-hydrogen) atoms. The zero-order valence-corrected chi connectivity index (χ0v) is 12.1. The van der Waals surface area contributed by atoms with Crippen LogP contribution < -0.4 is 0 Å². The van der Waals surface area contributed by atoms with Crippen molar-refractivity contribution in [1.82, 2.24) is 0 Å². The van der Waals surface area contributed by atoms with Gasteiger partial charge in [-0.05, 0) is 17.5 Å². The molecule has 3 nitrogen and oxygen atoms in total. The summed E-state index contributed by atoms with van der Waals surface area (Å²) in [5.74, 6) is -1.47. The number of hydrogen-bond donors (Lipinski definition) is 1. The molecule has 2 aromatic carbocycles. The van der Waals surface area contributed by atoms with Gasteiger partial charge in [-0.1, -0.05) is 60.7 Å². The molecule has 3 heteroatoms. The SMILES string of the molecule is COC[C@@H](Cc1ccccc1)[C@@H](C(=O)O)c1ccccc1. The van der Waals surface area contributed by atoms with E-state index in [1.165, 1.54) is 0 Å². The highest BCUT2D eigenvalue weighted by Gasteiger charge is 2.29. The van der Waals surface area contributed by atoms with Gasteiger partial charge >= 0.3 is 5.97 Å². The van der Waals surface area contributed by atoms with Crippen LogP contribution in [0.25, 0.3) is 0 Å². The van der Waals surface area contributed by atoms with E-state index in [1.54, 1.807) is 7.11 Å². The average Bonchev–Trinajstić information content (AvgIpc) is 2.49. The van der Waals surface area contributed by atoms with Gasteiger partial charge in [0, 0.05) is 13.0 Å². The summed E-state index contributed by atoms with van der Waals surface area (Å²) in [6.07, 6.45) is 0.681. The summed E-state index contributed by atoms with van der Waals surface area (Å²) in [5.41, 5.74) is 1.95. The number of carbonyl (C=O) groups is 1. The molecule has 2 rings (SSSR count). The Morgan fingerprint density at radius 2 is 1.62 bits per heavy atom. The maximum atomic E-state index is 11.8. The highest BCUT2D eigenvalue weighted by Crippen LogP contribution is 2.28. The van der Waals surface area contributed by atoms with E-state index in [1.807, 2.05) is 60.7 Å². The normalized spacial score (nSPS) is 13.6. The van der Waals surface area contributed by atoms with Crippen LogP contribution in [0.15, 0.2) is 60.7 Å². The molecule has 0 fully saturated rings. The summed E-state index contributed by atoms with van der Waals surface area (Å²) in [6.45, 7) is 0.417. The van der Waals surface area contributed by atoms with E-state index in [0.717, 1.165) is 11.1 Å². The number of carboxylic acids is 1. The summed E-state index contributed by atoms with van der Waals surface area (Å²) in [4.78, 5) is 11.8. The Morgan fingerprint density at radius 1 is 1.05 bits per heavy atom. The van der Waals surface area contributed by atoms with Crippen LogP contribution in [-0.4, -0.2) is 24.8 Å². The molecule has 0 saturated heterocycles. The van der Waals surface area contributed by atoms with Crippen molar-refractivity contribution in [3.05, 3.63) is 71.8 Å². The Hall–Kier alpha value is -2.13. The lowest BCUT2D eigenvalue weighted by Gasteiger charge is -2.24. The molecule has 1 N–H and O–H groups in total. The van der Waals surface area contributed by atoms with Gasteiger partial charge in [-0.3, -0.25) is 4.79 Å². The first-order chi connectivity index (χ1) is 10.2. The van der Waals surface area contributed by atoms with Gasteiger partial charge in [-0.2, -0.15) is 0 Å². The molecule has 0 heterocycles. The molecular formula is C18H20O3. The Labute approximate surface area is 125 Å². The first kappa shape index (κ1) is 15.3. The molecule has 0 unspecified atom stereocenters. The number of benzene rings is 2. The molecule has 110 valence electrons. The van der Waals surface area contributed by atoms with Crippen LogP contribution in [0.3, 0.4) is 0 Å². The van der Waals surface area contributed by atoms with Gasteiger partial charge in [-0.25, -0.2) is 0 Å². The Morgan fingerprint density at radius 3 is 2.14 bits per heavy atom. The van der Waals surface area contributed by atoms with Crippen molar-refractivity contribution in [1.29, 1.82) is 0 Å². The van der Waals surface area contributed by atoms with Crippen molar-refractivity contribution in [3.8, 4) is 0 Å². The molecule has 0 aliphatic rings. The number of hydrogen-bond acceptors (Lipinski definition) is 2. The van der Waals surface area contributed by atoms with Crippen molar-refractivity contribution in [2.24, 2.45) is 5.92 Å². The number of methoxy groups -OCH3 is 1. The molecule has 0 aromatic heterocycles. The third-order valence-corrected chi connectivity index (χ3v) is 3.62. The highest BCUT2D eigenvalue weighted by atomic mass is 16.5. The summed E-state index contributed by atoms with van der Waals surface area (Å²) < 4.78 is 5.27. The zero-order chi connectivity index (χ0) is 15.1. The third-order valence-electron chi connectivity index (χ3n) is 3.62. The van der Waals surface area contributed by atoms with Gasteiger partial charge in [0.25, 0.3) is 0 Å². The molecule has 0 aliphatic carbocycles. The summed E-state index contributed by atoms with van der Waals surface area (Å²) in [5, 5.41) is 9.65. The van der Waals surface area contributed by atoms with E-state index >= 15 is 0 Å². The lowest BCUT2D eigenvalue weighted by molar-refractivity contribution is -0.140. The topological polar surface area (TPSA) is 46.5 Å². The Balaban J connectivity index is 2.27. The molecule has 0 amide bonds. The van der Waals surface area contributed by atoms with E-state index in [0.29, 0.717) is 13.0 Å². The smallest absolute Gasteiger partial charge is 0.311 e. The molecule has 2 atom stereocenters. The van der Waals surface area contributed by atoms with Crippen LogP contribution in [0.2, 0.25) is 0 Å². The number of ether oxygens (including phenoxy) is 1. The number of rotatable bonds is 7. The van der Waals surface area contributed by atoms with Crippen LogP contribution in [0.1, 0.15) is 17.0 Å². The monoisotopic (exact) mass is 284 g/mol. The quantitative estimate of drug-likeness (QED) is 0.848. The average molecular weight is 284 g/mol. The van der Waals surface area contributed by atoms with Crippen LogP contribution in [-0.2, 0) is 16.0 Å². The van der Waals surface area contributed by atoms with Crippen molar-refractivity contribution in [3.63, 3.8) is 0 Å². The van der Waals surface area contributed by atoms with Gasteiger partial charge in [0.05, 0.1) is 12.5 Å². The molecule has 0 radical (unpaired) electrons. The fraction of sp³-hybridized carbons (Fsp3) is 0.278. The molecule has 0 saturated carbocycles. The maximum absolute atomic E-state index is 11.8. The van der Waals surface area contributed by atoms with Crippen molar-refractivity contribution in [2.75, 3.05) is 13.7 Å². The predicted octanol–water partition coefficient (Wildman–Crippen LogP) is 3.36. The minimum atomic E-state index is -0.806. The fourth-order valence-corrected chi connectivity index (χ4v) is 2.68. The second-order valence-corrected chi connectivity index (χ2v) is 5.13. The lowest BCUT2D eigenvalue weighted by Crippen LogP contribution is -2.27. The zero-order valence-electron chi connectivity index (χ0n) is 12.1. The van der Waals surface area contributed by atoms with Crippen LogP contribution >= 0.6 is 0 Å². The second kappa shape index (κ2) is 7.60. The van der Waals surface area contributed by atoms with Crippen LogP contribution in [0.4, 0.5) is 0 Å². The minimum Gasteiger partial charge on any atom is -0.481 e. The van der Waals surface area contributed by atoms with Crippen molar-refractivity contribution < 1.29 is 14.6 Å². The Bertz CT molecular complexity index is 551. The first-order valence-electron chi connectivity index (χ1n) is 7.03. The van der Waals surface area contributed by atoms with Gasteiger partial charge in [0.1, 0.15) is 0 Å². The van der Waals surface area contributed by atoms with Crippen LogP contribution in [0.5, 0.6) is 0 Å². The molecule has 0 bridgehead atoms. The molecule has 0 spiro atoms. The van der Waals surface area contributed by atoms with Gasteiger partial charge < -0.3 is 9.84 Å². The van der Waals surface area contributed by atoms with Gasteiger partial charge in [0.15, 0.2) is 0 Å². The summed E-state index contributed by atoms with van der Waals surface area (Å²) >= 11 is 0. The van der Waals surface area contributed by atoms with Gasteiger partial charge in [-0.15, -0.1) is 0 Å². The predicted molar refractivity (Wildman–Crippen MR) is 82.3 cm³/mol. The first-order valence-corrected chi connectivity index (χ1v) is 7.03. The molecular weight excluding hydrogens is 264 g/mol. The van der Waals surface area contributed by atoms with Crippen molar-refractivity contribution in [2.45, 2.75) is 12.3 Å². The van der Waals surface area contributed by atoms with E-state index < -0.39 is 11.9 Å². The number of carboxylic acid groups (broad SMARTS) is 1. The maximum Gasteiger partial charge on any atom is 0.311 e. The lowest BCUT2D eigenvalue weighted by atomic mass is 9.82. The Kier molecular flexibility index (Phi) is 5.52. The van der Waals surface area contributed by atoms with Crippen molar-refractivity contribution >= 4 is 5.97 Å². The third kappa shape index (κ3) is 4.17. The molecule has 0 aliphatic heterocycles. The fourth-order valence-electron chi connectivity index (χ4n) is 2.68. The van der Waals surface area contributed by atoms with E-state index in [-0.39, 0.29) is 5.92 Å². The van der Waals surface area contributed by atoms with E-state index in [4.69, 9.17) is 4.74 Å². The van der Waals surface area contributed by atoms with E-state index in [2.05, 4.69) is 0 Å². The number of aliphatic carboxylic acids is 1. The van der Waals surface area contributed by atoms with E-state index in [9.17, 15) is 9.90 Å². The standard InChI is InChI=1S/C18H20O3/c1-21-13-16(12-14-8-4-2-5-9-14)17(18(19)20)15-10-6-3-7-11-15/h2-11,16-17H,12-13H2,1H3,(H,19,20)/t16-,17+/m1/s1. The summed E-state index contributed by atoms with van der Waals surface area (Å²) in [6, 6.07) is 19.3. The molecule has 2 aromatic rings. The van der Waals surface area contributed by atoms with Crippen LogP contribution in [0, 0.1) is 5.92 Å².